The predicted octanol–water partition coefficient (Wildman–Crippen LogP) is 3.08. The van der Waals surface area contributed by atoms with Gasteiger partial charge in [-0.15, -0.1) is 0 Å². The van der Waals surface area contributed by atoms with Crippen LogP contribution in [0.25, 0.3) is 0 Å². The molecule has 0 amide bonds. The number of benzene rings is 1. The zero-order valence-corrected chi connectivity index (χ0v) is 11.8. The first-order valence-corrected chi connectivity index (χ1v) is 6.70. The topological polar surface area (TPSA) is 40.5 Å². The summed E-state index contributed by atoms with van der Waals surface area (Å²) in [4.78, 5) is 12.0. The molecule has 0 bridgehead atoms. The van der Waals surface area contributed by atoms with Crippen LogP contribution in [-0.2, 0) is 7.05 Å². The molecule has 0 unspecified atom stereocenters. The number of para-hydroxylation sites is 2. The van der Waals surface area contributed by atoms with Crippen LogP contribution in [0.2, 0.25) is 0 Å². The van der Waals surface area contributed by atoms with Crippen molar-refractivity contribution in [1.29, 1.82) is 0 Å². The Labute approximate surface area is 118 Å². The normalized spacial score (nSPS) is 10.3. The van der Waals surface area contributed by atoms with E-state index < -0.39 is 0 Å². The van der Waals surface area contributed by atoms with Crippen LogP contribution in [0.15, 0.2) is 42.7 Å². The summed E-state index contributed by atoms with van der Waals surface area (Å²) in [5.41, 5.74) is 0.652. The van der Waals surface area contributed by atoms with Crippen molar-refractivity contribution in [3.8, 4) is 11.5 Å². The average Bonchev–Trinajstić information content (AvgIpc) is 2.90. The zero-order valence-electron chi connectivity index (χ0n) is 11.8. The van der Waals surface area contributed by atoms with Crippen LogP contribution in [0, 0.1) is 0 Å². The third kappa shape index (κ3) is 3.63. The molecule has 0 radical (unpaired) electrons. The molecule has 1 aromatic heterocycles. The maximum Gasteiger partial charge on any atom is 0.201 e. The van der Waals surface area contributed by atoms with Crippen molar-refractivity contribution in [3.05, 3.63) is 48.3 Å². The number of ketones is 1. The van der Waals surface area contributed by atoms with E-state index in [9.17, 15) is 4.79 Å². The van der Waals surface area contributed by atoms with E-state index in [2.05, 4.69) is 0 Å². The molecular weight excluding hydrogens is 254 g/mol. The van der Waals surface area contributed by atoms with Gasteiger partial charge in [0.05, 0.1) is 6.61 Å². The van der Waals surface area contributed by atoms with Crippen molar-refractivity contribution in [2.24, 2.45) is 7.05 Å². The van der Waals surface area contributed by atoms with Crippen LogP contribution < -0.4 is 9.47 Å². The maximum atomic E-state index is 12.0. The Morgan fingerprint density at radius 1 is 1.15 bits per heavy atom. The molecule has 0 atom stereocenters. The van der Waals surface area contributed by atoms with E-state index in [4.69, 9.17) is 9.47 Å². The molecule has 0 fully saturated rings. The lowest BCUT2D eigenvalue weighted by Crippen LogP contribution is -2.11. The van der Waals surface area contributed by atoms with Gasteiger partial charge in [-0.1, -0.05) is 19.1 Å². The molecular formula is C16H19NO3. The molecule has 0 N–H and O–H groups in total. The van der Waals surface area contributed by atoms with Crippen molar-refractivity contribution in [2.45, 2.75) is 13.3 Å². The summed E-state index contributed by atoms with van der Waals surface area (Å²) in [6, 6.07) is 9.18. The average molecular weight is 273 g/mol. The van der Waals surface area contributed by atoms with Gasteiger partial charge in [-0.3, -0.25) is 4.79 Å². The minimum Gasteiger partial charge on any atom is -0.490 e. The van der Waals surface area contributed by atoms with Gasteiger partial charge >= 0.3 is 0 Å². The highest BCUT2D eigenvalue weighted by Crippen LogP contribution is 2.26. The summed E-state index contributed by atoms with van der Waals surface area (Å²) in [5.74, 6) is 1.23. The summed E-state index contributed by atoms with van der Waals surface area (Å²) in [6.07, 6.45) is 4.55. The predicted molar refractivity (Wildman–Crippen MR) is 77.5 cm³/mol. The first kappa shape index (κ1) is 14.2. The smallest absolute Gasteiger partial charge is 0.201 e. The largest absolute Gasteiger partial charge is 0.490 e. The monoisotopic (exact) mass is 273 g/mol. The number of aryl methyl sites for hydroxylation is 1. The molecule has 0 aliphatic carbocycles. The number of nitrogens with zero attached hydrogens (tertiary/aromatic N) is 1. The second-order valence-electron chi connectivity index (χ2n) is 4.57. The molecule has 1 heterocycles. The van der Waals surface area contributed by atoms with Crippen molar-refractivity contribution in [1.82, 2.24) is 4.57 Å². The highest BCUT2D eigenvalue weighted by Gasteiger charge is 2.10. The van der Waals surface area contributed by atoms with Gasteiger partial charge in [0.2, 0.25) is 5.78 Å². The fraction of sp³-hybridized carbons (Fsp3) is 0.312. The molecule has 2 aromatic rings. The summed E-state index contributed by atoms with van der Waals surface area (Å²) < 4.78 is 13.0. The van der Waals surface area contributed by atoms with E-state index in [1.54, 1.807) is 12.3 Å². The second-order valence-corrected chi connectivity index (χ2v) is 4.57. The number of aromatic nitrogens is 1. The van der Waals surface area contributed by atoms with Crippen LogP contribution in [0.3, 0.4) is 0 Å². The van der Waals surface area contributed by atoms with Gasteiger partial charge < -0.3 is 14.0 Å². The van der Waals surface area contributed by atoms with Gasteiger partial charge in [0.25, 0.3) is 0 Å². The molecule has 4 heteroatoms. The lowest BCUT2D eigenvalue weighted by Gasteiger charge is -2.11. The van der Waals surface area contributed by atoms with Crippen LogP contribution in [0.1, 0.15) is 23.7 Å². The SMILES string of the molecule is CCCOc1ccccc1OCC(=O)c1ccn(C)c1. The molecule has 0 saturated carbocycles. The summed E-state index contributed by atoms with van der Waals surface area (Å²) >= 11 is 0. The molecule has 0 saturated heterocycles. The number of hydrogen-bond acceptors (Lipinski definition) is 3. The Morgan fingerprint density at radius 3 is 2.45 bits per heavy atom. The summed E-state index contributed by atoms with van der Waals surface area (Å²) in [5, 5.41) is 0. The van der Waals surface area contributed by atoms with Crippen LogP contribution in [-0.4, -0.2) is 23.6 Å². The molecule has 4 nitrogen and oxygen atoms in total. The van der Waals surface area contributed by atoms with Gasteiger partial charge in [-0.05, 0) is 24.6 Å². The lowest BCUT2D eigenvalue weighted by atomic mass is 10.2. The van der Waals surface area contributed by atoms with Gasteiger partial charge in [0.15, 0.2) is 18.1 Å². The zero-order chi connectivity index (χ0) is 14.4. The fourth-order valence-electron chi connectivity index (χ4n) is 1.80. The van der Waals surface area contributed by atoms with E-state index >= 15 is 0 Å². The standard InChI is InChI=1S/C16H19NO3/c1-3-10-19-15-6-4-5-7-16(15)20-12-14(18)13-8-9-17(2)11-13/h4-9,11H,3,10,12H2,1-2H3. The number of hydrogen-bond donors (Lipinski definition) is 0. The minimum atomic E-state index is -0.0455. The molecule has 1 aromatic carbocycles. The Hall–Kier alpha value is -2.23. The Kier molecular flexibility index (Phi) is 4.82. The fourth-order valence-corrected chi connectivity index (χ4v) is 1.80. The van der Waals surface area contributed by atoms with Crippen molar-refractivity contribution < 1.29 is 14.3 Å². The number of ether oxygens (including phenoxy) is 2. The Bertz CT molecular complexity index is 575. The first-order chi connectivity index (χ1) is 9.70. The number of Topliss-reactive ketones (excluding diaryl/α,β-unsaturated/α-hetero) is 1. The molecule has 0 aliphatic rings. The number of rotatable bonds is 7. The number of carbonyl (C=O) groups excluding carboxylic acids is 1. The van der Waals surface area contributed by atoms with Gasteiger partial charge in [-0.25, -0.2) is 0 Å². The Balaban J connectivity index is 1.98. The van der Waals surface area contributed by atoms with E-state index in [0.29, 0.717) is 23.7 Å². The highest BCUT2D eigenvalue weighted by molar-refractivity contribution is 5.97. The lowest BCUT2D eigenvalue weighted by molar-refractivity contribution is 0.0918. The van der Waals surface area contributed by atoms with Gasteiger partial charge in [0, 0.05) is 25.0 Å². The molecule has 20 heavy (non-hydrogen) atoms. The maximum absolute atomic E-state index is 12.0. The third-order valence-electron chi connectivity index (χ3n) is 2.82. The molecule has 0 spiro atoms. The van der Waals surface area contributed by atoms with Crippen LogP contribution in [0.5, 0.6) is 11.5 Å². The van der Waals surface area contributed by atoms with Crippen molar-refractivity contribution >= 4 is 5.78 Å². The van der Waals surface area contributed by atoms with E-state index in [1.807, 2.05) is 49.0 Å². The van der Waals surface area contributed by atoms with Crippen LogP contribution >= 0.6 is 0 Å². The molecule has 106 valence electrons. The van der Waals surface area contributed by atoms with E-state index in [1.165, 1.54) is 0 Å². The van der Waals surface area contributed by atoms with Gasteiger partial charge in [0.1, 0.15) is 0 Å². The van der Waals surface area contributed by atoms with E-state index in [-0.39, 0.29) is 12.4 Å². The second kappa shape index (κ2) is 6.80. The minimum absolute atomic E-state index is 0.0104. The van der Waals surface area contributed by atoms with Crippen molar-refractivity contribution in [3.63, 3.8) is 0 Å². The van der Waals surface area contributed by atoms with Crippen molar-refractivity contribution in [2.75, 3.05) is 13.2 Å². The Morgan fingerprint density at radius 2 is 1.85 bits per heavy atom. The summed E-state index contributed by atoms with van der Waals surface area (Å²) in [6.45, 7) is 2.69. The molecule has 0 aliphatic heterocycles. The number of carbonyl (C=O) groups is 1. The molecule has 2 rings (SSSR count). The quantitative estimate of drug-likeness (QED) is 0.728. The van der Waals surface area contributed by atoms with E-state index in [0.717, 1.165) is 6.42 Å². The first-order valence-electron chi connectivity index (χ1n) is 6.70. The third-order valence-corrected chi connectivity index (χ3v) is 2.82. The van der Waals surface area contributed by atoms with Crippen LogP contribution in [0.4, 0.5) is 0 Å². The summed E-state index contributed by atoms with van der Waals surface area (Å²) in [7, 11) is 1.88. The highest BCUT2D eigenvalue weighted by atomic mass is 16.5. The van der Waals surface area contributed by atoms with Gasteiger partial charge in [-0.2, -0.15) is 0 Å².